The van der Waals surface area contributed by atoms with E-state index in [4.69, 9.17) is 10.2 Å². The first-order valence-corrected chi connectivity index (χ1v) is 7.74. The summed E-state index contributed by atoms with van der Waals surface area (Å²) < 4.78 is 5.41. The van der Waals surface area contributed by atoms with E-state index in [2.05, 4.69) is 17.2 Å². The van der Waals surface area contributed by atoms with Gasteiger partial charge in [0.15, 0.2) is 5.69 Å². The number of oxazole rings is 1. The molecule has 1 saturated carbocycles. The fourth-order valence-electron chi connectivity index (χ4n) is 2.86. The lowest BCUT2D eigenvalue weighted by atomic mass is 9.87. The molecule has 0 radical (unpaired) electrons. The van der Waals surface area contributed by atoms with Gasteiger partial charge < -0.3 is 15.5 Å². The van der Waals surface area contributed by atoms with Crippen LogP contribution in [-0.2, 0) is 0 Å². The van der Waals surface area contributed by atoms with Gasteiger partial charge in [-0.15, -0.1) is 0 Å². The van der Waals surface area contributed by atoms with Crippen molar-refractivity contribution >= 4 is 11.6 Å². The molecule has 5 heteroatoms. The molecule has 1 aliphatic carbocycles. The molecule has 0 bridgehead atoms. The Kier molecular flexibility index (Phi) is 4.13. The average Bonchev–Trinajstić information content (AvgIpc) is 3.00. The minimum Gasteiger partial charge on any atom is -0.444 e. The third kappa shape index (κ3) is 3.13. The number of hydrogen-bond acceptors (Lipinski definition) is 4. The van der Waals surface area contributed by atoms with Gasteiger partial charge in [-0.2, -0.15) is 0 Å². The van der Waals surface area contributed by atoms with Crippen LogP contribution in [0.4, 0.5) is 5.69 Å². The molecule has 0 aliphatic heterocycles. The number of nitrogen functional groups attached to an aromatic ring is 1. The number of aromatic nitrogens is 1. The lowest BCUT2D eigenvalue weighted by Crippen LogP contribution is -2.37. The number of carbonyl (C=O) groups excluding carboxylic acids is 1. The van der Waals surface area contributed by atoms with Gasteiger partial charge in [-0.1, -0.05) is 19.1 Å². The summed E-state index contributed by atoms with van der Waals surface area (Å²) in [5.41, 5.74) is 7.49. The Balaban J connectivity index is 1.68. The Morgan fingerprint density at radius 1 is 1.27 bits per heavy atom. The molecule has 1 amide bonds. The molecule has 2 aromatic rings. The van der Waals surface area contributed by atoms with Gasteiger partial charge in [0.2, 0.25) is 5.89 Å². The summed E-state index contributed by atoms with van der Waals surface area (Å²) in [5, 5.41) is 3.04. The highest BCUT2D eigenvalue weighted by Gasteiger charge is 2.22. The van der Waals surface area contributed by atoms with E-state index in [9.17, 15) is 4.79 Å². The zero-order chi connectivity index (χ0) is 15.5. The van der Waals surface area contributed by atoms with Crippen molar-refractivity contribution in [1.82, 2.24) is 10.3 Å². The second-order valence-corrected chi connectivity index (χ2v) is 6.06. The van der Waals surface area contributed by atoms with Crippen molar-refractivity contribution in [2.75, 3.05) is 5.73 Å². The van der Waals surface area contributed by atoms with Crippen LogP contribution in [0.15, 0.2) is 34.9 Å². The number of para-hydroxylation sites is 1. The van der Waals surface area contributed by atoms with E-state index in [1.165, 1.54) is 6.26 Å². The molecular formula is C17H21N3O2. The number of benzene rings is 1. The largest absolute Gasteiger partial charge is 0.444 e. The Morgan fingerprint density at radius 3 is 2.73 bits per heavy atom. The minimum atomic E-state index is -0.177. The molecule has 3 N–H and O–H groups in total. The third-order valence-corrected chi connectivity index (χ3v) is 4.28. The van der Waals surface area contributed by atoms with Gasteiger partial charge in [-0.05, 0) is 43.7 Å². The van der Waals surface area contributed by atoms with E-state index in [0.717, 1.165) is 31.6 Å². The number of carbonyl (C=O) groups is 1. The number of nitrogens with zero attached hydrogens (tertiary/aromatic N) is 1. The van der Waals surface area contributed by atoms with Crippen LogP contribution in [0.5, 0.6) is 0 Å². The first-order valence-electron chi connectivity index (χ1n) is 7.74. The second-order valence-electron chi connectivity index (χ2n) is 6.06. The normalized spacial score (nSPS) is 21.5. The fourth-order valence-corrected chi connectivity index (χ4v) is 2.86. The van der Waals surface area contributed by atoms with E-state index in [1.807, 2.05) is 18.2 Å². The van der Waals surface area contributed by atoms with E-state index in [-0.39, 0.29) is 11.9 Å². The Bertz CT molecular complexity index is 657. The van der Waals surface area contributed by atoms with E-state index in [0.29, 0.717) is 22.8 Å². The van der Waals surface area contributed by atoms with Crippen LogP contribution >= 0.6 is 0 Å². The van der Waals surface area contributed by atoms with Crippen molar-refractivity contribution < 1.29 is 9.21 Å². The van der Waals surface area contributed by atoms with Crippen LogP contribution in [0.3, 0.4) is 0 Å². The zero-order valence-electron chi connectivity index (χ0n) is 12.7. The average molecular weight is 299 g/mol. The van der Waals surface area contributed by atoms with E-state index < -0.39 is 0 Å². The predicted molar refractivity (Wildman–Crippen MR) is 85.2 cm³/mol. The summed E-state index contributed by atoms with van der Waals surface area (Å²) in [6.45, 7) is 2.26. The standard InChI is InChI=1S/C17H21N3O2/c1-11-6-8-12(9-7-11)19-16(21)15-10-22-17(20-15)13-4-2-3-5-14(13)18/h2-5,10-12H,6-9,18H2,1H3,(H,19,21). The highest BCUT2D eigenvalue weighted by atomic mass is 16.3. The van der Waals surface area contributed by atoms with Crippen molar-refractivity contribution in [3.05, 3.63) is 36.2 Å². The lowest BCUT2D eigenvalue weighted by molar-refractivity contribution is 0.0918. The summed E-state index contributed by atoms with van der Waals surface area (Å²) >= 11 is 0. The van der Waals surface area contributed by atoms with Crippen molar-refractivity contribution in [2.24, 2.45) is 5.92 Å². The highest BCUT2D eigenvalue weighted by molar-refractivity contribution is 5.92. The Labute approximate surface area is 129 Å². The summed E-state index contributed by atoms with van der Waals surface area (Å²) in [4.78, 5) is 16.5. The first kappa shape index (κ1) is 14.6. The van der Waals surface area contributed by atoms with E-state index in [1.54, 1.807) is 6.07 Å². The molecule has 1 fully saturated rings. The number of amides is 1. The van der Waals surface area contributed by atoms with Gasteiger partial charge in [0.1, 0.15) is 6.26 Å². The van der Waals surface area contributed by atoms with E-state index >= 15 is 0 Å². The molecule has 1 aliphatic rings. The maximum absolute atomic E-state index is 12.3. The highest BCUT2D eigenvalue weighted by Crippen LogP contribution is 2.26. The monoisotopic (exact) mass is 299 g/mol. The quantitative estimate of drug-likeness (QED) is 0.853. The molecule has 1 aromatic heterocycles. The maximum atomic E-state index is 12.3. The Morgan fingerprint density at radius 2 is 2.00 bits per heavy atom. The first-order chi connectivity index (χ1) is 10.6. The summed E-state index contributed by atoms with van der Waals surface area (Å²) in [7, 11) is 0. The maximum Gasteiger partial charge on any atom is 0.273 e. The van der Waals surface area contributed by atoms with Crippen LogP contribution in [0.2, 0.25) is 0 Å². The van der Waals surface area contributed by atoms with Gasteiger partial charge in [0.25, 0.3) is 5.91 Å². The molecule has 5 nitrogen and oxygen atoms in total. The van der Waals surface area contributed by atoms with Crippen molar-refractivity contribution in [2.45, 2.75) is 38.6 Å². The lowest BCUT2D eigenvalue weighted by Gasteiger charge is -2.26. The molecule has 1 heterocycles. The molecule has 116 valence electrons. The molecule has 0 atom stereocenters. The molecule has 0 unspecified atom stereocenters. The number of nitrogens with one attached hydrogen (secondary N) is 1. The van der Waals surface area contributed by atoms with Gasteiger partial charge in [-0.25, -0.2) is 4.98 Å². The van der Waals surface area contributed by atoms with Crippen molar-refractivity contribution in [1.29, 1.82) is 0 Å². The summed E-state index contributed by atoms with van der Waals surface area (Å²) in [6, 6.07) is 7.55. The number of hydrogen-bond donors (Lipinski definition) is 2. The summed E-state index contributed by atoms with van der Waals surface area (Å²) in [6.07, 6.45) is 5.78. The third-order valence-electron chi connectivity index (χ3n) is 4.28. The van der Waals surface area contributed by atoms with Crippen molar-refractivity contribution in [3.8, 4) is 11.5 Å². The van der Waals surface area contributed by atoms with Gasteiger partial charge >= 0.3 is 0 Å². The number of nitrogens with two attached hydrogens (primary N) is 1. The fraction of sp³-hybridized carbons (Fsp3) is 0.412. The number of anilines is 1. The molecule has 3 rings (SSSR count). The molecular weight excluding hydrogens is 278 g/mol. The van der Waals surface area contributed by atoms with Crippen LogP contribution < -0.4 is 11.1 Å². The molecule has 0 spiro atoms. The summed E-state index contributed by atoms with van der Waals surface area (Å²) in [5.74, 6) is 0.956. The predicted octanol–water partition coefficient (Wildman–Crippen LogP) is 3.23. The van der Waals surface area contributed by atoms with Gasteiger partial charge in [0.05, 0.1) is 5.56 Å². The van der Waals surface area contributed by atoms with Crippen LogP contribution in [-0.4, -0.2) is 16.9 Å². The molecule has 1 aromatic carbocycles. The smallest absolute Gasteiger partial charge is 0.273 e. The zero-order valence-corrected chi connectivity index (χ0v) is 12.7. The SMILES string of the molecule is CC1CCC(NC(=O)c2coc(-c3ccccc3N)n2)CC1. The van der Waals surface area contributed by atoms with Gasteiger partial charge in [0, 0.05) is 11.7 Å². The van der Waals surface area contributed by atoms with Crippen molar-refractivity contribution in [3.63, 3.8) is 0 Å². The molecule has 0 saturated heterocycles. The van der Waals surface area contributed by atoms with Crippen LogP contribution in [0.25, 0.3) is 11.5 Å². The number of rotatable bonds is 3. The van der Waals surface area contributed by atoms with Crippen LogP contribution in [0.1, 0.15) is 43.1 Å². The van der Waals surface area contributed by atoms with Crippen LogP contribution in [0, 0.1) is 5.92 Å². The Hall–Kier alpha value is -2.30. The molecule has 22 heavy (non-hydrogen) atoms. The minimum absolute atomic E-state index is 0.177. The second kappa shape index (κ2) is 6.22. The topological polar surface area (TPSA) is 81.2 Å². The van der Waals surface area contributed by atoms with Gasteiger partial charge in [-0.3, -0.25) is 4.79 Å².